The first-order valence-electron chi connectivity index (χ1n) is 10.7. The van der Waals surface area contributed by atoms with Gasteiger partial charge >= 0.3 is 0 Å². The van der Waals surface area contributed by atoms with E-state index >= 15 is 0 Å². The number of hydrogen-bond acceptors (Lipinski definition) is 7. The molecule has 1 aliphatic rings. The molecule has 0 unspecified atom stereocenters. The highest BCUT2D eigenvalue weighted by molar-refractivity contribution is 7.92. The van der Waals surface area contributed by atoms with Crippen LogP contribution < -0.4 is 14.5 Å². The van der Waals surface area contributed by atoms with Crippen molar-refractivity contribution in [3.05, 3.63) is 60.2 Å². The lowest BCUT2D eigenvalue weighted by Crippen LogP contribution is -2.46. The van der Waals surface area contributed by atoms with Gasteiger partial charge in [-0.3, -0.25) is 13.9 Å². The molecule has 1 aliphatic heterocycles. The monoisotopic (exact) mass is 488 g/mol. The first-order chi connectivity index (χ1) is 16.3. The Balaban J connectivity index is 1.53. The number of nitrogens with one attached hydrogen (secondary N) is 1. The molecule has 0 aliphatic carbocycles. The zero-order valence-corrected chi connectivity index (χ0v) is 19.9. The van der Waals surface area contributed by atoms with Gasteiger partial charge < -0.3 is 14.4 Å². The number of sulfonamides is 1. The summed E-state index contributed by atoms with van der Waals surface area (Å²) in [5, 5.41) is 3.93. The molecule has 1 saturated heterocycles. The van der Waals surface area contributed by atoms with E-state index in [1.54, 1.807) is 59.5 Å². The fourth-order valence-electron chi connectivity index (χ4n) is 3.35. The summed E-state index contributed by atoms with van der Waals surface area (Å²) in [6.45, 7) is 3.63. The maximum Gasteiger partial charge on any atom is 0.263 e. The van der Waals surface area contributed by atoms with Gasteiger partial charge in [0.05, 0.1) is 31.4 Å². The summed E-state index contributed by atoms with van der Waals surface area (Å²) in [5.41, 5.74) is 3.45. The van der Waals surface area contributed by atoms with Gasteiger partial charge in [-0.05, 0) is 48.9 Å². The Morgan fingerprint density at radius 1 is 1.15 bits per heavy atom. The number of hydrazone groups is 1. The summed E-state index contributed by atoms with van der Waals surface area (Å²) >= 11 is 0. The van der Waals surface area contributed by atoms with Crippen molar-refractivity contribution in [1.29, 1.82) is 0 Å². The first-order valence-corrected chi connectivity index (χ1v) is 12.6. The highest BCUT2D eigenvalue weighted by atomic mass is 32.2. The van der Waals surface area contributed by atoms with Crippen molar-refractivity contribution in [2.24, 2.45) is 5.10 Å². The van der Waals surface area contributed by atoms with Gasteiger partial charge in [-0.25, -0.2) is 13.8 Å². The van der Waals surface area contributed by atoms with Crippen molar-refractivity contribution in [3.63, 3.8) is 0 Å². The molecule has 0 aromatic heterocycles. The average molecular weight is 489 g/mol. The summed E-state index contributed by atoms with van der Waals surface area (Å²) in [4.78, 5) is 26.4. The Morgan fingerprint density at radius 2 is 1.79 bits per heavy atom. The summed E-state index contributed by atoms with van der Waals surface area (Å²) in [7, 11) is -3.69. The minimum Gasteiger partial charge on any atom is -0.484 e. The average Bonchev–Trinajstić information content (AvgIpc) is 2.83. The lowest BCUT2D eigenvalue weighted by Gasteiger charge is -2.27. The van der Waals surface area contributed by atoms with Crippen LogP contribution in [0.5, 0.6) is 5.75 Å². The van der Waals surface area contributed by atoms with Gasteiger partial charge in [0.15, 0.2) is 6.61 Å². The molecule has 1 N–H and O–H groups in total. The molecule has 1 fully saturated rings. The van der Waals surface area contributed by atoms with E-state index in [9.17, 15) is 18.0 Å². The van der Waals surface area contributed by atoms with Gasteiger partial charge in [0.1, 0.15) is 11.8 Å². The second kappa shape index (κ2) is 11.6. The quantitative estimate of drug-likeness (QED) is 0.419. The number of morpholine rings is 1. The smallest absolute Gasteiger partial charge is 0.263 e. The van der Waals surface area contributed by atoms with Crippen LogP contribution in [0.4, 0.5) is 5.69 Å². The molecule has 182 valence electrons. The molecule has 3 rings (SSSR count). The molecule has 2 aromatic rings. The van der Waals surface area contributed by atoms with E-state index in [1.165, 1.54) is 13.1 Å². The summed E-state index contributed by atoms with van der Waals surface area (Å²) in [6.07, 6.45) is 2.48. The van der Waals surface area contributed by atoms with E-state index in [4.69, 9.17) is 9.47 Å². The van der Waals surface area contributed by atoms with Crippen molar-refractivity contribution >= 4 is 33.7 Å². The fraction of sp³-hybridized carbons (Fsp3) is 0.348. The predicted molar refractivity (Wildman–Crippen MR) is 128 cm³/mol. The largest absolute Gasteiger partial charge is 0.484 e. The van der Waals surface area contributed by atoms with Crippen LogP contribution in [0.1, 0.15) is 12.5 Å². The molecule has 34 heavy (non-hydrogen) atoms. The highest BCUT2D eigenvalue weighted by Gasteiger charge is 2.28. The molecular formula is C23H28N4O6S. The molecule has 2 amide bonds. The van der Waals surface area contributed by atoms with Crippen molar-refractivity contribution < 1.29 is 27.5 Å². The summed E-state index contributed by atoms with van der Waals surface area (Å²) < 4.78 is 36.3. The number of nitrogens with zero attached hydrogens (tertiary/aromatic N) is 3. The topological polar surface area (TPSA) is 118 Å². The predicted octanol–water partition coefficient (Wildman–Crippen LogP) is 1.23. The van der Waals surface area contributed by atoms with E-state index in [-0.39, 0.29) is 12.5 Å². The second-order valence-corrected chi connectivity index (χ2v) is 9.51. The third-order valence-corrected chi connectivity index (χ3v) is 6.34. The zero-order chi connectivity index (χ0) is 24.6. The number of benzene rings is 2. The lowest BCUT2D eigenvalue weighted by molar-refractivity contribution is -0.137. The van der Waals surface area contributed by atoms with Crippen LogP contribution >= 0.6 is 0 Å². The number of para-hydroxylation sites is 1. The zero-order valence-electron chi connectivity index (χ0n) is 19.1. The normalized spacial score (nSPS) is 15.1. The Bertz CT molecular complexity index is 1100. The van der Waals surface area contributed by atoms with Crippen molar-refractivity contribution in [3.8, 4) is 5.75 Å². The fourth-order valence-corrected chi connectivity index (χ4v) is 4.52. The van der Waals surface area contributed by atoms with Gasteiger partial charge in [-0.15, -0.1) is 0 Å². The van der Waals surface area contributed by atoms with E-state index in [0.717, 1.165) is 10.6 Å². The van der Waals surface area contributed by atoms with Crippen LogP contribution in [0.3, 0.4) is 0 Å². The number of carbonyl (C=O) groups excluding carboxylic acids is 2. The van der Waals surface area contributed by atoms with E-state index in [2.05, 4.69) is 10.5 Å². The van der Waals surface area contributed by atoms with Crippen LogP contribution in [0, 0.1) is 0 Å². The van der Waals surface area contributed by atoms with E-state index < -0.39 is 22.0 Å². The maximum atomic E-state index is 12.5. The molecule has 0 spiro atoms. The summed E-state index contributed by atoms with van der Waals surface area (Å²) in [6, 6.07) is 14.2. The van der Waals surface area contributed by atoms with Crippen molar-refractivity contribution in [1.82, 2.24) is 10.3 Å². The van der Waals surface area contributed by atoms with E-state index in [1.807, 2.05) is 0 Å². The molecule has 0 saturated carbocycles. The third kappa shape index (κ3) is 7.03. The first kappa shape index (κ1) is 25.2. The molecule has 1 heterocycles. The Hall–Kier alpha value is -3.44. The maximum absolute atomic E-state index is 12.5. The van der Waals surface area contributed by atoms with Crippen LogP contribution in [0.25, 0.3) is 0 Å². The Labute approximate surface area is 199 Å². The molecule has 2 aromatic carbocycles. The summed E-state index contributed by atoms with van der Waals surface area (Å²) in [5.74, 6) is -0.139. The molecule has 11 heteroatoms. The number of hydrogen-bond donors (Lipinski definition) is 1. The van der Waals surface area contributed by atoms with Gasteiger partial charge in [0.25, 0.3) is 11.8 Å². The standard InChI is InChI=1S/C23H28N4O6S/c1-18(27(34(2,30)31)20-6-4-3-5-7-20)23(29)25-24-16-19-8-10-21(11-9-19)33-17-22(28)26-12-14-32-15-13-26/h3-11,16,18H,12-15,17H2,1-2H3,(H,25,29)/b24-16-/t18-/m1/s1. The molecule has 1 atom stereocenters. The van der Waals surface area contributed by atoms with Gasteiger partial charge in [0, 0.05) is 13.1 Å². The SMILES string of the molecule is C[C@H](C(=O)N/N=C\c1ccc(OCC(=O)N2CCOCC2)cc1)N(c1ccccc1)S(C)(=O)=O. The number of anilines is 1. The van der Waals surface area contributed by atoms with Crippen LogP contribution in [-0.4, -0.2) is 76.6 Å². The third-order valence-electron chi connectivity index (χ3n) is 5.09. The van der Waals surface area contributed by atoms with Crippen molar-refractivity contribution in [2.75, 3.05) is 43.5 Å². The Morgan fingerprint density at radius 3 is 2.41 bits per heavy atom. The minimum atomic E-state index is -3.69. The molecule has 0 radical (unpaired) electrons. The van der Waals surface area contributed by atoms with Gasteiger partial charge in [-0.1, -0.05) is 18.2 Å². The van der Waals surface area contributed by atoms with Crippen molar-refractivity contribution in [2.45, 2.75) is 13.0 Å². The number of amides is 2. The number of rotatable bonds is 9. The highest BCUT2D eigenvalue weighted by Crippen LogP contribution is 2.20. The molecular weight excluding hydrogens is 460 g/mol. The number of ether oxygens (including phenoxy) is 2. The minimum absolute atomic E-state index is 0.0559. The van der Waals surface area contributed by atoms with Gasteiger partial charge in [0.2, 0.25) is 10.0 Å². The molecule has 0 bridgehead atoms. The van der Waals surface area contributed by atoms with Crippen LogP contribution in [0.15, 0.2) is 59.7 Å². The van der Waals surface area contributed by atoms with Gasteiger partial charge in [-0.2, -0.15) is 5.10 Å². The lowest BCUT2D eigenvalue weighted by atomic mass is 10.2. The Kier molecular flexibility index (Phi) is 8.61. The van der Waals surface area contributed by atoms with Crippen LogP contribution in [0.2, 0.25) is 0 Å². The van der Waals surface area contributed by atoms with E-state index in [0.29, 0.717) is 43.3 Å². The number of carbonyl (C=O) groups is 2. The molecule has 10 nitrogen and oxygen atoms in total. The second-order valence-electron chi connectivity index (χ2n) is 7.66. The van der Waals surface area contributed by atoms with Crippen LogP contribution in [-0.2, 0) is 24.3 Å².